The molecule has 0 atom stereocenters. The summed E-state index contributed by atoms with van der Waals surface area (Å²) in [4.78, 5) is 11.6. The highest BCUT2D eigenvalue weighted by molar-refractivity contribution is 5.85. The van der Waals surface area contributed by atoms with Crippen LogP contribution in [0.1, 0.15) is 33.6 Å². The molecule has 1 heterocycles. The average Bonchev–Trinajstić information content (AvgIpc) is 2.04. The van der Waals surface area contributed by atoms with Gasteiger partial charge in [0.15, 0.2) is 0 Å². The van der Waals surface area contributed by atoms with E-state index in [-0.39, 0.29) is 23.7 Å². The molecule has 0 spiro atoms. The van der Waals surface area contributed by atoms with Crippen molar-refractivity contribution in [2.45, 2.75) is 39.7 Å². The molecule has 3 nitrogen and oxygen atoms in total. The molecule has 4 heteroatoms. The minimum absolute atomic E-state index is 0. The van der Waals surface area contributed by atoms with Gasteiger partial charge in [0.25, 0.3) is 0 Å². The molecule has 0 aromatic rings. The van der Waals surface area contributed by atoms with Gasteiger partial charge in [-0.15, -0.1) is 12.4 Å². The Hall–Kier alpha value is -0.280. The Morgan fingerprint density at radius 3 is 2.21 bits per heavy atom. The van der Waals surface area contributed by atoms with Gasteiger partial charge in [-0.05, 0) is 25.9 Å². The molecule has 2 N–H and O–H groups in total. The number of rotatable bonds is 1. The van der Waals surface area contributed by atoms with Crippen molar-refractivity contribution in [3.8, 4) is 0 Å². The van der Waals surface area contributed by atoms with Crippen molar-refractivity contribution < 1.29 is 4.79 Å². The molecule has 0 aliphatic carbocycles. The van der Waals surface area contributed by atoms with Gasteiger partial charge in [-0.3, -0.25) is 4.79 Å². The molecule has 0 bridgehead atoms. The van der Waals surface area contributed by atoms with Crippen LogP contribution in [0, 0.1) is 5.41 Å². The lowest BCUT2D eigenvalue weighted by Gasteiger charge is -2.27. The van der Waals surface area contributed by atoms with Gasteiger partial charge in [-0.25, -0.2) is 0 Å². The Balaban J connectivity index is 0.00000169. The van der Waals surface area contributed by atoms with Crippen LogP contribution in [0.3, 0.4) is 0 Å². The largest absolute Gasteiger partial charge is 0.353 e. The fourth-order valence-electron chi connectivity index (χ4n) is 1.37. The van der Waals surface area contributed by atoms with Crippen LogP contribution in [-0.2, 0) is 4.79 Å². The van der Waals surface area contributed by atoms with Crippen LogP contribution in [-0.4, -0.2) is 25.0 Å². The van der Waals surface area contributed by atoms with Crippen molar-refractivity contribution in [3.63, 3.8) is 0 Å². The number of nitrogens with one attached hydrogen (secondary N) is 2. The van der Waals surface area contributed by atoms with E-state index in [2.05, 4.69) is 10.6 Å². The maximum Gasteiger partial charge on any atom is 0.225 e. The molecule has 84 valence electrons. The Labute approximate surface area is 92.4 Å². The van der Waals surface area contributed by atoms with Crippen molar-refractivity contribution in [1.82, 2.24) is 10.6 Å². The molecule has 1 aliphatic heterocycles. The maximum absolute atomic E-state index is 11.6. The van der Waals surface area contributed by atoms with E-state index in [4.69, 9.17) is 0 Å². The highest BCUT2D eigenvalue weighted by Gasteiger charge is 2.24. The van der Waals surface area contributed by atoms with Gasteiger partial charge in [0.2, 0.25) is 5.91 Å². The Morgan fingerprint density at radius 2 is 1.79 bits per heavy atom. The van der Waals surface area contributed by atoms with Crippen LogP contribution >= 0.6 is 12.4 Å². The molecule has 1 rings (SSSR count). The zero-order valence-corrected chi connectivity index (χ0v) is 10.0. The first kappa shape index (κ1) is 13.7. The van der Waals surface area contributed by atoms with E-state index in [1.807, 2.05) is 20.8 Å². The normalized spacial score (nSPS) is 18.5. The third-order valence-electron chi connectivity index (χ3n) is 2.36. The Kier molecular flexibility index (Phi) is 5.45. The van der Waals surface area contributed by atoms with Gasteiger partial charge in [0.05, 0.1) is 0 Å². The van der Waals surface area contributed by atoms with Crippen LogP contribution in [0.5, 0.6) is 0 Å². The van der Waals surface area contributed by atoms with E-state index in [1.54, 1.807) is 0 Å². The summed E-state index contributed by atoms with van der Waals surface area (Å²) in [5.74, 6) is 0.166. The summed E-state index contributed by atoms with van der Waals surface area (Å²) in [7, 11) is 0. The Morgan fingerprint density at radius 1 is 1.29 bits per heavy atom. The van der Waals surface area contributed by atoms with Crippen molar-refractivity contribution in [1.29, 1.82) is 0 Å². The lowest BCUT2D eigenvalue weighted by molar-refractivity contribution is -0.129. The first-order valence-electron chi connectivity index (χ1n) is 5.02. The third kappa shape index (κ3) is 4.29. The highest BCUT2D eigenvalue weighted by atomic mass is 35.5. The monoisotopic (exact) mass is 220 g/mol. The fraction of sp³-hybridized carbons (Fsp3) is 0.900. The van der Waals surface area contributed by atoms with E-state index in [0.29, 0.717) is 6.04 Å². The molecule has 0 aromatic carbocycles. The molecule has 14 heavy (non-hydrogen) atoms. The van der Waals surface area contributed by atoms with E-state index in [9.17, 15) is 4.79 Å². The van der Waals surface area contributed by atoms with Gasteiger partial charge in [0.1, 0.15) is 0 Å². The standard InChI is InChI=1S/C10H20N2O.ClH/c1-10(2,3)9(13)12-8-4-6-11-7-5-8;/h8,11H,4-7H2,1-3H3,(H,12,13);1H. The van der Waals surface area contributed by atoms with Gasteiger partial charge >= 0.3 is 0 Å². The molecule has 1 amide bonds. The van der Waals surface area contributed by atoms with Gasteiger partial charge in [-0.1, -0.05) is 20.8 Å². The van der Waals surface area contributed by atoms with Crippen LogP contribution in [0.15, 0.2) is 0 Å². The zero-order chi connectivity index (χ0) is 9.90. The van der Waals surface area contributed by atoms with E-state index in [1.165, 1.54) is 0 Å². The predicted molar refractivity (Wildman–Crippen MR) is 60.7 cm³/mol. The smallest absolute Gasteiger partial charge is 0.225 e. The molecule has 0 saturated carbocycles. The van der Waals surface area contributed by atoms with Crippen LogP contribution < -0.4 is 10.6 Å². The van der Waals surface area contributed by atoms with Gasteiger partial charge < -0.3 is 10.6 Å². The third-order valence-corrected chi connectivity index (χ3v) is 2.36. The molecule has 1 saturated heterocycles. The summed E-state index contributed by atoms with van der Waals surface area (Å²) in [5.41, 5.74) is -0.259. The fourth-order valence-corrected chi connectivity index (χ4v) is 1.37. The minimum Gasteiger partial charge on any atom is -0.353 e. The summed E-state index contributed by atoms with van der Waals surface area (Å²) >= 11 is 0. The summed E-state index contributed by atoms with van der Waals surface area (Å²) in [6.07, 6.45) is 2.11. The van der Waals surface area contributed by atoms with Crippen LogP contribution in [0.2, 0.25) is 0 Å². The second-order valence-electron chi connectivity index (χ2n) is 4.75. The van der Waals surface area contributed by atoms with Crippen LogP contribution in [0.25, 0.3) is 0 Å². The summed E-state index contributed by atoms with van der Waals surface area (Å²) in [6.45, 7) is 7.89. The number of carbonyl (C=O) groups excluding carboxylic acids is 1. The number of amides is 1. The van der Waals surface area contributed by atoms with E-state index in [0.717, 1.165) is 25.9 Å². The highest BCUT2D eigenvalue weighted by Crippen LogP contribution is 2.14. The number of hydrogen-bond donors (Lipinski definition) is 2. The van der Waals surface area contributed by atoms with Crippen molar-refractivity contribution in [3.05, 3.63) is 0 Å². The van der Waals surface area contributed by atoms with E-state index >= 15 is 0 Å². The second kappa shape index (κ2) is 5.56. The lowest BCUT2D eigenvalue weighted by Crippen LogP contribution is -2.46. The first-order valence-corrected chi connectivity index (χ1v) is 5.02. The quantitative estimate of drug-likeness (QED) is 0.700. The molecular weight excluding hydrogens is 200 g/mol. The summed E-state index contributed by atoms with van der Waals surface area (Å²) in [6, 6.07) is 0.382. The predicted octanol–water partition coefficient (Wildman–Crippen LogP) is 1.32. The maximum atomic E-state index is 11.6. The minimum atomic E-state index is -0.259. The van der Waals surface area contributed by atoms with E-state index < -0.39 is 0 Å². The SMILES string of the molecule is CC(C)(C)C(=O)NC1CCNCC1.Cl. The number of piperidine rings is 1. The second-order valence-corrected chi connectivity index (χ2v) is 4.75. The first-order chi connectivity index (χ1) is 6.00. The Bertz CT molecular complexity index is 183. The number of halogens is 1. The summed E-state index contributed by atoms with van der Waals surface area (Å²) in [5, 5.41) is 6.36. The van der Waals surface area contributed by atoms with Gasteiger partial charge in [-0.2, -0.15) is 0 Å². The van der Waals surface area contributed by atoms with Crippen molar-refractivity contribution in [2.24, 2.45) is 5.41 Å². The topological polar surface area (TPSA) is 41.1 Å². The molecule has 0 unspecified atom stereocenters. The van der Waals surface area contributed by atoms with Crippen LogP contribution in [0.4, 0.5) is 0 Å². The average molecular weight is 221 g/mol. The molecule has 1 fully saturated rings. The zero-order valence-electron chi connectivity index (χ0n) is 9.22. The summed E-state index contributed by atoms with van der Waals surface area (Å²) < 4.78 is 0. The van der Waals surface area contributed by atoms with Crippen molar-refractivity contribution in [2.75, 3.05) is 13.1 Å². The molecule has 0 radical (unpaired) electrons. The number of hydrogen-bond acceptors (Lipinski definition) is 2. The molecule has 0 aromatic heterocycles. The van der Waals surface area contributed by atoms with Crippen molar-refractivity contribution >= 4 is 18.3 Å². The molecular formula is C10H21ClN2O. The molecule has 1 aliphatic rings. The number of carbonyl (C=O) groups is 1. The lowest BCUT2D eigenvalue weighted by atomic mass is 9.94. The van der Waals surface area contributed by atoms with Gasteiger partial charge in [0, 0.05) is 11.5 Å².